The van der Waals surface area contributed by atoms with E-state index >= 15 is 0 Å². The number of benzene rings is 1. The topological polar surface area (TPSA) is 50.4 Å². The Hall–Kier alpha value is -1.42. The van der Waals surface area contributed by atoms with Crippen molar-refractivity contribution in [2.45, 2.75) is 13.3 Å². The molecule has 1 aromatic rings. The monoisotopic (exact) mass is 256 g/mol. The molecule has 1 rings (SSSR count). The van der Waals surface area contributed by atoms with Gasteiger partial charge in [0.05, 0.1) is 17.8 Å². The summed E-state index contributed by atoms with van der Waals surface area (Å²) in [7, 11) is 1.60. The number of amides is 1. The lowest BCUT2D eigenvalue weighted by Gasteiger charge is -2.09. The number of methoxy groups -OCH3 is 1. The molecular formula is C12H17ClN2O2. The average Bonchev–Trinajstić information content (AvgIpc) is 2.32. The fourth-order valence-electron chi connectivity index (χ4n) is 1.36. The lowest BCUT2D eigenvalue weighted by atomic mass is 10.3. The second kappa shape index (κ2) is 7.01. The van der Waals surface area contributed by atoms with Crippen molar-refractivity contribution in [1.29, 1.82) is 0 Å². The lowest BCUT2D eigenvalue weighted by Crippen LogP contribution is -2.24. The molecular weight excluding hydrogens is 240 g/mol. The van der Waals surface area contributed by atoms with Crippen LogP contribution < -0.4 is 15.4 Å². The Kier molecular flexibility index (Phi) is 5.63. The van der Waals surface area contributed by atoms with Crippen molar-refractivity contribution in [2.24, 2.45) is 0 Å². The fourth-order valence-corrected chi connectivity index (χ4v) is 1.55. The van der Waals surface area contributed by atoms with Crippen LogP contribution in [0.5, 0.6) is 5.75 Å². The normalized spacial score (nSPS) is 9.82. The Morgan fingerprint density at radius 2 is 2.24 bits per heavy atom. The van der Waals surface area contributed by atoms with E-state index in [4.69, 9.17) is 16.3 Å². The van der Waals surface area contributed by atoms with Gasteiger partial charge in [0.25, 0.3) is 0 Å². The van der Waals surface area contributed by atoms with E-state index in [1.54, 1.807) is 25.3 Å². The number of ether oxygens (including phenoxy) is 1. The molecule has 0 heterocycles. The molecule has 94 valence electrons. The third-order valence-electron chi connectivity index (χ3n) is 2.21. The van der Waals surface area contributed by atoms with Gasteiger partial charge in [-0.2, -0.15) is 0 Å². The maximum absolute atomic E-state index is 11.2. The summed E-state index contributed by atoms with van der Waals surface area (Å²) in [5, 5.41) is 6.45. The summed E-state index contributed by atoms with van der Waals surface area (Å²) in [4.78, 5) is 11.2. The smallest absolute Gasteiger partial charge is 0.221 e. The van der Waals surface area contributed by atoms with Crippen molar-refractivity contribution in [3.63, 3.8) is 0 Å². The van der Waals surface area contributed by atoms with E-state index in [9.17, 15) is 4.79 Å². The van der Waals surface area contributed by atoms with Crippen molar-refractivity contribution in [3.05, 3.63) is 23.2 Å². The van der Waals surface area contributed by atoms with Crippen LogP contribution >= 0.6 is 11.6 Å². The average molecular weight is 257 g/mol. The molecule has 0 spiro atoms. The van der Waals surface area contributed by atoms with Gasteiger partial charge in [0.15, 0.2) is 0 Å². The number of carbonyl (C=O) groups excluding carboxylic acids is 1. The van der Waals surface area contributed by atoms with Crippen LogP contribution in [0.25, 0.3) is 0 Å². The summed E-state index contributed by atoms with van der Waals surface area (Å²) < 4.78 is 5.10. The molecule has 2 N–H and O–H groups in total. The van der Waals surface area contributed by atoms with E-state index in [2.05, 4.69) is 10.6 Å². The lowest BCUT2D eigenvalue weighted by molar-refractivity contribution is -0.120. The first-order valence-electron chi connectivity index (χ1n) is 5.51. The minimum Gasteiger partial charge on any atom is -0.497 e. The van der Waals surface area contributed by atoms with Gasteiger partial charge in [0.2, 0.25) is 5.91 Å². The summed E-state index contributed by atoms with van der Waals surface area (Å²) >= 11 is 6.01. The molecule has 0 aliphatic carbocycles. The van der Waals surface area contributed by atoms with Crippen LogP contribution in [0.4, 0.5) is 5.69 Å². The predicted octanol–water partition coefficient (Wildman–Crippen LogP) is 2.29. The molecule has 0 radical (unpaired) electrons. The van der Waals surface area contributed by atoms with Gasteiger partial charge in [-0.3, -0.25) is 4.79 Å². The Labute approximate surface area is 106 Å². The van der Waals surface area contributed by atoms with Crippen LogP contribution in [-0.4, -0.2) is 26.1 Å². The maximum atomic E-state index is 11.2. The van der Waals surface area contributed by atoms with Crippen molar-refractivity contribution in [2.75, 3.05) is 25.5 Å². The highest BCUT2D eigenvalue weighted by Gasteiger charge is 2.03. The number of rotatable bonds is 6. The molecule has 0 bridgehead atoms. The van der Waals surface area contributed by atoms with Crippen LogP contribution in [0, 0.1) is 0 Å². The van der Waals surface area contributed by atoms with E-state index in [1.165, 1.54) is 0 Å². The number of hydrogen-bond donors (Lipinski definition) is 2. The molecule has 0 aliphatic heterocycles. The molecule has 0 unspecified atom stereocenters. The Morgan fingerprint density at radius 1 is 1.47 bits per heavy atom. The molecule has 1 aromatic carbocycles. The summed E-state index contributed by atoms with van der Waals surface area (Å²) in [5.41, 5.74) is 0.773. The SMILES string of the molecule is CCNC(=O)CCNc1cc(OC)ccc1Cl. The van der Waals surface area contributed by atoms with Gasteiger partial charge in [-0.1, -0.05) is 11.6 Å². The Bertz CT molecular complexity index is 383. The van der Waals surface area contributed by atoms with Crippen molar-refractivity contribution >= 4 is 23.2 Å². The standard InChI is InChI=1S/C12H17ClN2O2/c1-3-14-12(16)6-7-15-11-8-9(17-2)4-5-10(11)13/h4-5,8,15H,3,6-7H2,1-2H3,(H,14,16). The van der Waals surface area contributed by atoms with Gasteiger partial charge in [-0.05, 0) is 19.1 Å². The first-order valence-corrected chi connectivity index (χ1v) is 5.89. The van der Waals surface area contributed by atoms with Crippen molar-refractivity contribution in [3.8, 4) is 5.75 Å². The van der Waals surface area contributed by atoms with Gasteiger partial charge < -0.3 is 15.4 Å². The number of anilines is 1. The van der Waals surface area contributed by atoms with Crippen molar-refractivity contribution < 1.29 is 9.53 Å². The maximum Gasteiger partial charge on any atom is 0.221 e. The van der Waals surface area contributed by atoms with E-state index < -0.39 is 0 Å². The van der Waals surface area contributed by atoms with E-state index in [0.29, 0.717) is 24.5 Å². The second-order valence-electron chi connectivity index (χ2n) is 3.48. The largest absolute Gasteiger partial charge is 0.497 e. The zero-order valence-corrected chi connectivity index (χ0v) is 10.8. The molecule has 0 atom stereocenters. The molecule has 0 aliphatic rings. The molecule has 0 saturated heterocycles. The van der Waals surface area contributed by atoms with Gasteiger partial charge in [0.1, 0.15) is 5.75 Å². The van der Waals surface area contributed by atoms with E-state index in [-0.39, 0.29) is 5.91 Å². The third kappa shape index (κ3) is 4.53. The molecule has 17 heavy (non-hydrogen) atoms. The highest BCUT2D eigenvalue weighted by atomic mass is 35.5. The molecule has 1 amide bonds. The first kappa shape index (κ1) is 13.6. The first-order chi connectivity index (χ1) is 8.17. The zero-order valence-electron chi connectivity index (χ0n) is 10.0. The number of hydrogen-bond acceptors (Lipinski definition) is 3. The zero-order chi connectivity index (χ0) is 12.7. The molecule has 5 heteroatoms. The number of nitrogens with one attached hydrogen (secondary N) is 2. The van der Waals surface area contributed by atoms with Crippen LogP contribution in [-0.2, 0) is 4.79 Å². The highest BCUT2D eigenvalue weighted by Crippen LogP contribution is 2.26. The molecule has 0 saturated carbocycles. The van der Waals surface area contributed by atoms with Gasteiger partial charge >= 0.3 is 0 Å². The number of carbonyl (C=O) groups is 1. The minimum absolute atomic E-state index is 0.0269. The van der Waals surface area contributed by atoms with Crippen LogP contribution in [0.15, 0.2) is 18.2 Å². The summed E-state index contributed by atoms with van der Waals surface area (Å²) in [6, 6.07) is 5.35. The van der Waals surface area contributed by atoms with E-state index in [1.807, 2.05) is 6.92 Å². The number of halogens is 1. The summed E-state index contributed by atoms with van der Waals surface area (Å²) in [6.07, 6.45) is 0.418. The fraction of sp³-hybridized carbons (Fsp3) is 0.417. The van der Waals surface area contributed by atoms with Crippen LogP contribution in [0.2, 0.25) is 5.02 Å². The predicted molar refractivity (Wildman–Crippen MR) is 69.8 cm³/mol. The minimum atomic E-state index is 0.0269. The van der Waals surface area contributed by atoms with E-state index in [0.717, 1.165) is 11.4 Å². The molecule has 0 fully saturated rings. The highest BCUT2D eigenvalue weighted by molar-refractivity contribution is 6.33. The second-order valence-corrected chi connectivity index (χ2v) is 3.88. The van der Waals surface area contributed by atoms with Gasteiger partial charge in [0, 0.05) is 25.6 Å². The van der Waals surface area contributed by atoms with Crippen LogP contribution in [0.1, 0.15) is 13.3 Å². The summed E-state index contributed by atoms with van der Waals surface area (Å²) in [6.45, 7) is 3.09. The molecule has 0 aromatic heterocycles. The third-order valence-corrected chi connectivity index (χ3v) is 2.54. The Morgan fingerprint density at radius 3 is 2.88 bits per heavy atom. The quantitative estimate of drug-likeness (QED) is 0.821. The van der Waals surface area contributed by atoms with Gasteiger partial charge in [-0.25, -0.2) is 0 Å². The molecule has 4 nitrogen and oxygen atoms in total. The Balaban J connectivity index is 2.48. The summed E-state index contributed by atoms with van der Waals surface area (Å²) in [5.74, 6) is 0.758. The van der Waals surface area contributed by atoms with Gasteiger partial charge in [-0.15, -0.1) is 0 Å². The van der Waals surface area contributed by atoms with Crippen LogP contribution in [0.3, 0.4) is 0 Å². The van der Waals surface area contributed by atoms with Crippen molar-refractivity contribution in [1.82, 2.24) is 5.32 Å².